The van der Waals surface area contributed by atoms with Crippen LogP contribution in [0.15, 0.2) is 48.0 Å². The third-order valence-electron chi connectivity index (χ3n) is 6.27. The van der Waals surface area contributed by atoms with Crippen molar-refractivity contribution in [1.82, 2.24) is 0 Å². The Morgan fingerprint density at radius 1 is 0.821 bits per heavy atom. The molecule has 0 N–H and O–H groups in total. The van der Waals surface area contributed by atoms with Gasteiger partial charge < -0.3 is 0 Å². The van der Waals surface area contributed by atoms with Crippen LogP contribution in [0.2, 0.25) is 19.6 Å². The summed E-state index contributed by atoms with van der Waals surface area (Å²) in [5.41, 5.74) is 5.53. The Balaban J connectivity index is 0.00000225. The first-order valence-corrected chi connectivity index (χ1v) is 14.1. The summed E-state index contributed by atoms with van der Waals surface area (Å²) in [7, 11) is -1.25. The van der Waals surface area contributed by atoms with E-state index in [2.05, 4.69) is 81.2 Å². The molecular weight excluding hydrogens is 432 g/mol. The van der Waals surface area contributed by atoms with Gasteiger partial charge >= 0.3 is 0 Å². The summed E-state index contributed by atoms with van der Waals surface area (Å²) in [5, 5.41) is 4.37. The molecule has 0 radical (unpaired) electrons. The van der Waals surface area contributed by atoms with Crippen LogP contribution in [0.5, 0.6) is 0 Å². The van der Waals surface area contributed by atoms with Gasteiger partial charge in [0.2, 0.25) is 0 Å². The van der Waals surface area contributed by atoms with E-state index in [0.717, 1.165) is 5.92 Å². The monoisotopic (exact) mass is 462 g/mol. The fourth-order valence-corrected chi connectivity index (χ4v) is 5.70. The van der Waals surface area contributed by atoms with Crippen molar-refractivity contribution in [2.24, 2.45) is 5.92 Å². The van der Waals surface area contributed by atoms with Crippen molar-refractivity contribution in [3.05, 3.63) is 64.0 Å². The Labute approximate surface area is 190 Å². The van der Waals surface area contributed by atoms with Gasteiger partial charge in [-0.15, -0.1) is 0 Å². The summed E-state index contributed by atoms with van der Waals surface area (Å²) in [4.78, 5) is 0. The van der Waals surface area contributed by atoms with Gasteiger partial charge in [-0.1, -0.05) is 86.6 Å². The Kier molecular flexibility index (Phi) is 6.83. The molecule has 0 unspecified atom stereocenters. The van der Waals surface area contributed by atoms with Gasteiger partial charge in [-0.2, -0.15) is 0 Å². The fraction of sp³-hybridized carbons (Fsp3) is 0.385. The summed E-state index contributed by atoms with van der Waals surface area (Å²) >= 11 is 0. The van der Waals surface area contributed by atoms with Gasteiger partial charge in [0.25, 0.3) is 0 Å². The van der Waals surface area contributed by atoms with Gasteiger partial charge in [-0.25, -0.2) is 0 Å². The molecule has 0 bridgehead atoms. The zero-order valence-corrected chi connectivity index (χ0v) is 21.3. The molecule has 0 atom stereocenters. The third kappa shape index (κ3) is 4.60. The van der Waals surface area contributed by atoms with Crippen molar-refractivity contribution in [3.8, 4) is 11.1 Å². The van der Waals surface area contributed by atoms with Crippen LogP contribution in [-0.4, -0.2) is 8.07 Å². The average molecular weight is 464 g/mol. The minimum Gasteiger partial charge on any atom is -0.0741 e. The van der Waals surface area contributed by atoms with Crippen LogP contribution in [0.4, 0.5) is 0 Å². The van der Waals surface area contributed by atoms with E-state index in [1.807, 2.05) is 0 Å². The number of hydrogen-bond donors (Lipinski definition) is 0. The fourth-order valence-electron chi connectivity index (χ4n) is 4.54. The van der Waals surface area contributed by atoms with Crippen molar-refractivity contribution in [1.29, 1.82) is 0 Å². The first-order chi connectivity index (χ1) is 12.9. The van der Waals surface area contributed by atoms with Crippen LogP contribution in [-0.2, 0) is 26.2 Å². The molecular formula is C26H32SiZr. The number of allylic oxidation sites excluding steroid dienone is 2. The molecule has 0 heterocycles. The Morgan fingerprint density at radius 2 is 1.46 bits per heavy atom. The molecule has 0 aliphatic heterocycles. The van der Waals surface area contributed by atoms with E-state index in [1.165, 1.54) is 70.0 Å². The van der Waals surface area contributed by atoms with E-state index < -0.39 is 8.07 Å². The first-order valence-electron chi connectivity index (χ1n) is 10.6. The second kappa shape index (κ2) is 8.80. The van der Waals surface area contributed by atoms with Gasteiger partial charge in [0.15, 0.2) is 0 Å². The molecule has 0 saturated heterocycles. The molecule has 0 aromatic heterocycles. The Bertz CT molecular complexity index is 984. The molecule has 28 heavy (non-hydrogen) atoms. The molecule has 0 spiro atoms. The smallest absolute Gasteiger partial charge is 0.0741 e. The maximum absolute atomic E-state index is 2.54. The minimum absolute atomic E-state index is 0. The zero-order chi connectivity index (χ0) is 19.0. The molecule has 2 aliphatic rings. The van der Waals surface area contributed by atoms with Crippen LogP contribution in [0.3, 0.4) is 0 Å². The van der Waals surface area contributed by atoms with Gasteiger partial charge in [0, 0.05) is 26.2 Å². The second-order valence-electron chi connectivity index (χ2n) is 9.44. The topological polar surface area (TPSA) is 0 Å². The predicted molar refractivity (Wildman–Crippen MR) is 122 cm³/mol. The largest absolute Gasteiger partial charge is 0.0775 e. The molecule has 2 aromatic carbocycles. The van der Waals surface area contributed by atoms with Crippen molar-refractivity contribution >= 4 is 25.4 Å². The second-order valence-corrected chi connectivity index (χ2v) is 14.5. The predicted octanol–water partition coefficient (Wildman–Crippen LogP) is 5.29. The Morgan fingerprint density at radius 3 is 2.11 bits per heavy atom. The van der Waals surface area contributed by atoms with E-state index in [4.69, 9.17) is 0 Å². The average Bonchev–Trinajstić information content (AvgIpc) is 3.07. The van der Waals surface area contributed by atoms with Crippen molar-refractivity contribution in [2.45, 2.75) is 58.7 Å². The van der Waals surface area contributed by atoms with Crippen LogP contribution in [0.25, 0.3) is 23.3 Å². The SMILES string of the molecule is Cc1ccc(-c2ccc([Si](C)(C)C)cc2)c2c1=CC(=CC1CCCCC1)C=2.[Zr]. The molecule has 0 nitrogen and oxygen atoms in total. The number of benzene rings is 2. The summed E-state index contributed by atoms with van der Waals surface area (Å²) in [6.45, 7) is 9.48. The maximum atomic E-state index is 2.54. The van der Waals surface area contributed by atoms with Gasteiger partial charge in [0.05, 0.1) is 8.07 Å². The molecule has 2 heteroatoms. The minimum atomic E-state index is -1.25. The molecule has 2 aromatic rings. The normalized spacial score (nSPS) is 18.2. The zero-order valence-electron chi connectivity index (χ0n) is 17.8. The van der Waals surface area contributed by atoms with Crippen molar-refractivity contribution < 1.29 is 26.2 Å². The van der Waals surface area contributed by atoms with E-state index in [1.54, 1.807) is 0 Å². The third-order valence-corrected chi connectivity index (χ3v) is 8.33. The summed E-state index contributed by atoms with van der Waals surface area (Å²) in [6, 6.07) is 14.0. The molecule has 4 rings (SSSR count). The molecule has 144 valence electrons. The maximum Gasteiger partial charge on any atom is 0.0775 e. The molecule has 0 amide bonds. The van der Waals surface area contributed by atoms with Crippen molar-refractivity contribution in [3.63, 3.8) is 0 Å². The Hall–Kier alpha value is -0.980. The van der Waals surface area contributed by atoms with Gasteiger partial charge in [-0.05, 0) is 70.5 Å². The quantitative estimate of drug-likeness (QED) is 0.543. The van der Waals surface area contributed by atoms with Crippen LogP contribution in [0, 0.1) is 12.8 Å². The number of rotatable bonds is 3. The van der Waals surface area contributed by atoms with Gasteiger partial charge in [-0.3, -0.25) is 0 Å². The standard InChI is InChI=1S/C26H32Si.Zr/c1-19-10-15-24(22-11-13-23(14-12-22)27(2,3)4)26-18-21(17-25(19)26)16-20-8-6-5-7-9-20;/h10-18,20H,5-9H2,1-4H3;. The summed E-state index contributed by atoms with van der Waals surface area (Å²) in [6.07, 6.45) is 14.3. The molecule has 2 aliphatic carbocycles. The van der Waals surface area contributed by atoms with Gasteiger partial charge in [0.1, 0.15) is 0 Å². The number of hydrogen-bond acceptors (Lipinski definition) is 0. The van der Waals surface area contributed by atoms with Crippen molar-refractivity contribution in [2.75, 3.05) is 0 Å². The molecule has 1 fully saturated rings. The van der Waals surface area contributed by atoms with E-state index in [9.17, 15) is 0 Å². The molecule has 1 saturated carbocycles. The summed E-state index contributed by atoms with van der Waals surface area (Å²) in [5.74, 6) is 0.773. The van der Waals surface area contributed by atoms with E-state index >= 15 is 0 Å². The number of aryl methyl sites for hydroxylation is 1. The van der Waals surface area contributed by atoms with Crippen LogP contribution in [0.1, 0.15) is 37.7 Å². The van der Waals surface area contributed by atoms with Crippen LogP contribution < -0.4 is 15.6 Å². The van der Waals surface area contributed by atoms with Crippen LogP contribution >= 0.6 is 0 Å². The van der Waals surface area contributed by atoms with E-state index in [-0.39, 0.29) is 26.2 Å². The summed E-state index contributed by atoms with van der Waals surface area (Å²) < 4.78 is 0. The van der Waals surface area contributed by atoms with E-state index in [0.29, 0.717) is 0 Å². The number of fused-ring (bicyclic) bond motifs is 1. The first kappa shape index (κ1) is 21.7.